The predicted octanol–water partition coefficient (Wildman–Crippen LogP) is 15.6. The van der Waals surface area contributed by atoms with Crippen LogP contribution in [0.1, 0.15) is 23.2 Å². The van der Waals surface area contributed by atoms with E-state index in [9.17, 15) is 0 Å². The highest BCUT2D eigenvalue weighted by Gasteiger charge is 2.23. The van der Waals surface area contributed by atoms with Crippen LogP contribution in [0.15, 0.2) is 176 Å². The molecule has 4 aromatic heterocycles. The van der Waals surface area contributed by atoms with Gasteiger partial charge in [0.15, 0.2) is 0 Å². The highest BCUT2D eigenvalue weighted by atomic mass is 32.1. The summed E-state index contributed by atoms with van der Waals surface area (Å²) >= 11 is 3.75. The van der Waals surface area contributed by atoms with Crippen LogP contribution in [0.3, 0.4) is 0 Å². The van der Waals surface area contributed by atoms with Gasteiger partial charge in [0.1, 0.15) is 0 Å². The van der Waals surface area contributed by atoms with Gasteiger partial charge in [-0.15, -0.1) is 22.7 Å². The molecule has 1 aliphatic rings. The normalized spacial score (nSPS) is 13.1. The van der Waals surface area contributed by atoms with Crippen molar-refractivity contribution in [1.82, 2.24) is 9.13 Å². The van der Waals surface area contributed by atoms with Gasteiger partial charge < -0.3 is 9.13 Å². The van der Waals surface area contributed by atoms with Gasteiger partial charge in [0.2, 0.25) is 0 Å². The summed E-state index contributed by atoms with van der Waals surface area (Å²) in [4.78, 5) is 0. The number of thiophene rings is 2. The van der Waals surface area contributed by atoms with Crippen LogP contribution in [-0.4, -0.2) is 9.13 Å². The van der Waals surface area contributed by atoms with Crippen molar-refractivity contribution in [2.24, 2.45) is 0 Å². The van der Waals surface area contributed by atoms with Gasteiger partial charge in [-0.25, -0.2) is 0 Å². The standard InChI is InChI=1S/C54H34N2S2/c1-5-16-47-39(12-1)43-29-34(20-24-49(43)55(47)37-11-9-10-33(28-37)36-22-26-53-45(31-36)41-14-3-7-18-51(41)57-53)35-21-25-50-44(30-35)40-13-2-6-17-48(40)56(50)38-23-27-54-46(32-38)42-15-4-8-19-52(42)58-54/h1-19,21-23,25-32H,20,24H2. The van der Waals surface area contributed by atoms with Gasteiger partial charge in [-0.05, 0) is 120 Å². The molecule has 0 aliphatic heterocycles. The van der Waals surface area contributed by atoms with Gasteiger partial charge in [0, 0.05) is 79.1 Å². The Bertz CT molecular complexity index is 3700. The number of hydrogen-bond acceptors (Lipinski definition) is 2. The Hall–Kier alpha value is -6.72. The van der Waals surface area contributed by atoms with E-state index in [0.29, 0.717) is 0 Å². The van der Waals surface area contributed by atoms with Gasteiger partial charge >= 0.3 is 0 Å². The lowest BCUT2D eigenvalue weighted by molar-refractivity contribution is 0.898. The lowest BCUT2D eigenvalue weighted by Gasteiger charge is -2.18. The quantitative estimate of drug-likeness (QED) is 0.169. The van der Waals surface area contributed by atoms with E-state index in [1.807, 2.05) is 22.7 Å². The summed E-state index contributed by atoms with van der Waals surface area (Å²) in [5, 5.41) is 9.21. The van der Waals surface area contributed by atoms with Crippen LogP contribution in [0.2, 0.25) is 0 Å². The topological polar surface area (TPSA) is 9.86 Å². The van der Waals surface area contributed by atoms with Crippen molar-refractivity contribution < 1.29 is 0 Å². The van der Waals surface area contributed by atoms with E-state index in [-0.39, 0.29) is 0 Å². The molecule has 0 fully saturated rings. The van der Waals surface area contributed by atoms with Crippen LogP contribution in [-0.2, 0) is 6.42 Å². The molecule has 1 aliphatic carbocycles. The predicted molar refractivity (Wildman–Crippen MR) is 251 cm³/mol. The van der Waals surface area contributed by atoms with Gasteiger partial charge in [-0.1, -0.05) is 97.1 Å². The molecule has 0 bridgehead atoms. The van der Waals surface area contributed by atoms with E-state index >= 15 is 0 Å². The third-order valence-electron chi connectivity index (χ3n) is 12.4. The van der Waals surface area contributed by atoms with Crippen molar-refractivity contribution in [2.45, 2.75) is 12.8 Å². The zero-order valence-electron chi connectivity index (χ0n) is 31.4. The summed E-state index contributed by atoms with van der Waals surface area (Å²) in [6, 6.07) is 65.6. The Morgan fingerprint density at radius 2 is 0.914 bits per heavy atom. The Morgan fingerprint density at radius 3 is 1.71 bits per heavy atom. The molecule has 0 spiro atoms. The number of nitrogens with zero attached hydrogens (tertiary/aromatic N) is 2. The second-order valence-electron chi connectivity index (χ2n) is 15.6. The average molecular weight is 775 g/mol. The average Bonchev–Trinajstić information content (AvgIpc) is 4.03. The number of benzene rings is 8. The fraction of sp³-hybridized carbons (Fsp3) is 0.0370. The molecule has 272 valence electrons. The largest absolute Gasteiger partial charge is 0.313 e. The van der Waals surface area contributed by atoms with E-state index in [2.05, 4.69) is 191 Å². The molecule has 4 heteroatoms. The molecule has 2 nitrogen and oxygen atoms in total. The number of hydrogen-bond donors (Lipinski definition) is 0. The number of allylic oxidation sites excluding steroid dienone is 1. The number of para-hydroxylation sites is 2. The van der Waals surface area contributed by atoms with E-state index < -0.39 is 0 Å². The summed E-state index contributed by atoms with van der Waals surface area (Å²) in [5.74, 6) is 0. The van der Waals surface area contributed by atoms with E-state index in [1.54, 1.807) is 0 Å². The molecule has 0 N–H and O–H groups in total. The number of rotatable bonds is 4. The molecule has 0 radical (unpaired) electrons. The lowest BCUT2D eigenvalue weighted by atomic mass is 9.90. The number of aromatic nitrogens is 2. The maximum Gasteiger partial charge on any atom is 0.0541 e. The molecular formula is C54H34N2S2. The first-order valence-corrected chi connectivity index (χ1v) is 21.7. The van der Waals surface area contributed by atoms with Gasteiger partial charge in [-0.2, -0.15) is 0 Å². The molecule has 4 heterocycles. The van der Waals surface area contributed by atoms with Gasteiger partial charge in [0.05, 0.1) is 16.6 Å². The first kappa shape index (κ1) is 32.4. The summed E-state index contributed by atoms with van der Waals surface area (Å²) in [6.07, 6.45) is 4.44. The van der Waals surface area contributed by atoms with Crippen LogP contribution < -0.4 is 0 Å². The zero-order valence-corrected chi connectivity index (χ0v) is 33.1. The Morgan fingerprint density at radius 1 is 0.345 bits per heavy atom. The third kappa shape index (κ3) is 4.76. The van der Waals surface area contributed by atoms with Crippen molar-refractivity contribution in [3.8, 4) is 22.5 Å². The van der Waals surface area contributed by atoms with Crippen molar-refractivity contribution in [1.29, 1.82) is 0 Å². The fourth-order valence-corrected chi connectivity index (χ4v) is 12.0. The number of fused-ring (bicyclic) bond motifs is 12. The summed E-state index contributed by atoms with van der Waals surface area (Å²) in [5.41, 5.74) is 14.1. The minimum Gasteiger partial charge on any atom is -0.313 e. The van der Waals surface area contributed by atoms with Gasteiger partial charge in [0.25, 0.3) is 0 Å². The highest BCUT2D eigenvalue weighted by Crippen LogP contribution is 2.43. The minimum absolute atomic E-state index is 0.974. The molecule has 8 aromatic carbocycles. The molecule has 0 saturated carbocycles. The Balaban J connectivity index is 0.924. The first-order chi connectivity index (χ1) is 28.7. The summed E-state index contributed by atoms with van der Waals surface area (Å²) in [6.45, 7) is 0. The summed E-state index contributed by atoms with van der Waals surface area (Å²) < 4.78 is 10.3. The maximum absolute atomic E-state index is 2.52. The smallest absolute Gasteiger partial charge is 0.0541 e. The van der Waals surface area contributed by atoms with Crippen LogP contribution in [0.4, 0.5) is 0 Å². The molecule has 0 atom stereocenters. The van der Waals surface area contributed by atoms with Crippen LogP contribution in [0, 0.1) is 0 Å². The molecule has 0 unspecified atom stereocenters. The Kier molecular flexibility index (Phi) is 6.91. The molecular weight excluding hydrogens is 741 g/mol. The van der Waals surface area contributed by atoms with Crippen LogP contribution >= 0.6 is 22.7 Å². The van der Waals surface area contributed by atoms with Gasteiger partial charge in [-0.3, -0.25) is 0 Å². The SMILES string of the molecule is C1=C(c2ccc3c(c2)c2ccccc2n3-c2ccc3sc4ccccc4c3c2)CCc2c1c1ccccc1n2-c1cccc(-c2ccc3sc4ccccc4c3c2)c1. The second kappa shape index (κ2) is 12.4. The minimum atomic E-state index is 0.974. The zero-order chi connectivity index (χ0) is 37.9. The van der Waals surface area contributed by atoms with Crippen molar-refractivity contribution in [3.63, 3.8) is 0 Å². The fourth-order valence-electron chi connectivity index (χ4n) is 9.78. The van der Waals surface area contributed by atoms with Crippen molar-refractivity contribution in [2.75, 3.05) is 0 Å². The lowest BCUT2D eigenvalue weighted by Crippen LogP contribution is -2.05. The van der Waals surface area contributed by atoms with Crippen molar-refractivity contribution in [3.05, 3.63) is 193 Å². The highest BCUT2D eigenvalue weighted by molar-refractivity contribution is 7.26. The van der Waals surface area contributed by atoms with Crippen LogP contribution in [0.5, 0.6) is 0 Å². The molecule has 0 saturated heterocycles. The Labute approximate surface area is 342 Å². The molecule has 58 heavy (non-hydrogen) atoms. The maximum atomic E-state index is 2.52. The summed E-state index contributed by atoms with van der Waals surface area (Å²) in [7, 11) is 0. The third-order valence-corrected chi connectivity index (χ3v) is 14.7. The van der Waals surface area contributed by atoms with Crippen molar-refractivity contribution >= 4 is 107 Å². The molecule has 12 aromatic rings. The molecule has 13 rings (SSSR count). The van der Waals surface area contributed by atoms with Crippen LogP contribution in [0.25, 0.3) is 107 Å². The van der Waals surface area contributed by atoms with E-state index in [1.165, 1.54) is 118 Å². The van der Waals surface area contributed by atoms with E-state index in [0.717, 1.165) is 12.8 Å². The monoisotopic (exact) mass is 774 g/mol. The van der Waals surface area contributed by atoms with E-state index in [4.69, 9.17) is 0 Å². The molecule has 0 amide bonds. The second-order valence-corrected chi connectivity index (χ2v) is 17.8. The first-order valence-electron chi connectivity index (χ1n) is 20.0.